The lowest BCUT2D eigenvalue weighted by atomic mass is 9.86. The van der Waals surface area contributed by atoms with Gasteiger partial charge in [0.2, 0.25) is 5.91 Å². The van der Waals surface area contributed by atoms with E-state index < -0.39 is 29.6 Å². The number of hydrogen-bond donors (Lipinski definition) is 2. The number of amides is 1. The third-order valence-electron chi connectivity index (χ3n) is 2.34. The summed E-state index contributed by atoms with van der Waals surface area (Å²) in [7, 11) is 0. The summed E-state index contributed by atoms with van der Waals surface area (Å²) >= 11 is 0. The second-order valence-corrected chi connectivity index (χ2v) is 4.52. The van der Waals surface area contributed by atoms with Crippen molar-refractivity contribution in [1.29, 1.82) is 0 Å². The number of carbonyl (C=O) groups is 1. The van der Waals surface area contributed by atoms with Gasteiger partial charge in [-0.15, -0.1) is 0 Å². The summed E-state index contributed by atoms with van der Waals surface area (Å²) in [4.78, 5) is 11.0. The molecule has 0 aliphatic heterocycles. The molecule has 3 nitrogen and oxygen atoms in total. The van der Waals surface area contributed by atoms with E-state index in [0.29, 0.717) is 0 Å². The second-order valence-electron chi connectivity index (χ2n) is 4.52. The zero-order valence-electron chi connectivity index (χ0n) is 9.20. The molecule has 0 fully saturated rings. The topological polar surface area (TPSA) is 49.3 Å². The van der Waals surface area contributed by atoms with Gasteiger partial charge in [0.15, 0.2) is 0 Å². The third-order valence-corrected chi connectivity index (χ3v) is 2.34. The van der Waals surface area contributed by atoms with Crippen molar-refractivity contribution in [3.05, 3.63) is 0 Å². The summed E-state index contributed by atoms with van der Waals surface area (Å²) in [6.45, 7) is 5.75. The fraction of sp³-hybridized carbons (Fsp3) is 0.889. The van der Waals surface area contributed by atoms with Crippen molar-refractivity contribution in [3.8, 4) is 0 Å². The van der Waals surface area contributed by atoms with E-state index >= 15 is 0 Å². The predicted octanol–water partition coefficient (Wildman–Crippen LogP) is 1.60. The van der Waals surface area contributed by atoms with Gasteiger partial charge in [0.05, 0.1) is 11.1 Å². The molecule has 90 valence electrons. The number of halogens is 3. The van der Waals surface area contributed by atoms with Crippen LogP contribution in [0.25, 0.3) is 0 Å². The van der Waals surface area contributed by atoms with E-state index in [1.807, 2.05) is 0 Å². The molecule has 0 aromatic heterocycles. The maximum absolute atomic E-state index is 11.9. The molecule has 0 spiro atoms. The predicted molar refractivity (Wildman–Crippen MR) is 49.2 cm³/mol. The van der Waals surface area contributed by atoms with Crippen LogP contribution >= 0.6 is 0 Å². The number of rotatable bonds is 3. The van der Waals surface area contributed by atoms with Crippen molar-refractivity contribution in [3.63, 3.8) is 0 Å². The Morgan fingerprint density at radius 3 is 1.87 bits per heavy atom. The lowest BCUT2D eigenvalue weighted by molar-refractivity contribution is -0.156. The smallest absolute Gasteiger partial charge is 0.388 e. The molecule has 0 aliphatic carbocycles. The first kappa shape index (κ1) is 14.2. The van der Waals surface area contributed by atoms with Crippen molar-refractivity contribution in [2.75, 3.05) is 0 Å². The summed E-state index contributed by atoms with van der Waals surface area (Å²) in [6.07, 6.45) is -6.06. The van der Waals surface area contributed by atoms with Crippen LogP contribution in [-0.2, 0) is 4.79 Å². The lowest BCUT2D eigenvalue weighted by Crippen LogP contribution is -2.58. The van der Waals surface area contributed by atoms with Crippen LogP contribution < -0.4 is 5.32 Å². The number of hydrogen-bond acceptors (Lipinski definition) is 2. The van der Waals surface area contributed by atoms with Gasteiger partial charge in [0, 0.05) is 0 Å². The number of alkyl halides is 3. The first-order valence-corrected chi connectivity index (χ1v) is 4.45. The van der Waals surface area contributed by atoms with Gasteiger partial charge in [0.25, 0.3) is 0 Å². The van der Waals surface area contributed by atoms with Gasteiger partial charge in [0.1, 0.15) is 6.42 Å². The van der Waals surface area contributed by atoms with Crippen molar-refractivity contribution < 1.29 is 23.1 Å². The molecule has 15 heavy (non-hydrogen) atoms. The third kappa shape index (κ3) is 5.01. The van der Waals surface area contributed by atoms with E-state index in [2.05, 4.69) is 5.32 Å². The van der Waals surface area contributed by atoms with Gasteiger partial charge in [-0.3, -0.25) is 4.79 Å². The van der Waals surface area contributed by atoms with Gasteiger partial charge in [-0.1, -0.05) is 0 Å². The Morgan fingerprint density at radius 2 is 1.60 bits per heavy atom. The van der Waals surface area contributed by atoms with Gasteiger partial charge in [-0.25, -0.2) is 0 Å². The Balaban J connectivity index is 4.43. The lowest BCUT2D eigenvalue weighted by Gasteiger charge is -2.38. The van der Waals surface area contributed by atoms with E-state index in [0.717, 1.165) is 0 Å². The van der Waals surface area contributed by atoms with E-state index in [-0.39, 0.29) is 0 Å². The van der Waals surface area contributed by atoms with E-state index in [9.17, 15) is 23.1 Å². The molecule has 0 saturated heterocycles. The largest absolute Gasteiger partial charge is 0.397 e. The van der Waals surface area contributed by atoms with Gasteiger partial charge >= 0.3 is 6.18 Å². The van der Waals surface area contributed by atoms with Crippen LogP contribution in [0.1, 0.15) is 34.1 Å². The molecule has 0 heterocycles. The zero-order valence-corrected chi connectivity index (χ0v) is 9.20. The molecule has 0 unspecified atom stereocenters. The Labute approximate surface area is 86.7 Å². The first-order chi connectivity index (χ1) is 6.35. The molecule has 2 N–H and O–H groups in total. The molecular formula is C9H16F3NO2. The Hall–Kier alpha value is -0.780. The van der Waals surface area contributed by atoms with Crippen LogP contribution in [0.2, 0.25) is 0 Å². The molecule has 0 aliphatic rings. The van der Waals surface area contributed by atoms with Crippen LogP contribution in [0.4, 0.5) is 13.2 Å². The Morgan fingerprint density at radius 1 is 1.20 bits per heavy atom. The summed E-state index contributed by atoms with van der Waals surface area (Å²) in [5, 5.41) is 11.7. The van der Waals surface area contributed by atoms with Crippen molar-refractivity contribution in [2.45, 2.75) is 51.4 Å². The molecule has 6 heteroatoms. The quantitative estimate of drug-likeness (QED) is 0.769. The average molecular weight is 227 g/mol. The SMILES string of the molecule is CC(C)(O)C(C)(C)NC(=O)CC(F)(F)F. The monoisotopic (exact) mass is 227 g/mol. The molecule has 0 radical (unpaired) electrons. The highest BCUT2D eigenvalue weighted by Gasteiger charge is 2.39. The minimum Gasteiger partial charge on any atom is -0.388 e. The van der Waals surface area contributed by atoms with E-state index in [1.165, 1.54) is 27.7 Å². The fourth-order valence-corrected chi connectivity index (χ4v) is 0.728. The highest BCUT2D eigenvalue weighted by Crippen LogP contribution is 2.23. The van der Waals surface area contributed by atoms with Crippen molar-refractivity contribution in [1.82, 2.24) is 5.32 Å². The molecule has 0 aromatic carbocycles. The summed E-state index contributed by atoms with van der Waals surface area (Å²) < 4.78 is 35.6. The molecular weight excluding hydrogens is 211 g/mol. The second kappa shape index (κ2) is 4.00. The van der Waals surface area contributed by atoms with Crippen LogP contribution in [0.5, 0.6) is 0 Å². The van der Waals surface area contributed by atoms with E-state index in [1.54, 1.807) is 0 Å². The maximum atomic E-state index is 11.9. The number of carbonyl (C=O) groups excluding carboxylic acids is 1. The van der Waals surface area contributed by atoms with Gasteiger partial charge < -0.3 is 10.4 Å². The normalized spacial score (nSPS) is 13.9. The minimum absolute atomic E-state index is 1.12. The molecule has 0 atom stereocenters. The zero-order chi connectivity index (χ0) is 12.5. The highest BCUT2D eigenvalue weighted by atomic mass is 19.4. The van der Waals surface area contributed by atoms with Gasteiger partial charge in [-0.05, 0) is 27.7 Å². The molecule has 0 saturated carbocycles. The Bertz CT molecular complexity index is 241. The summed E-state index contributed by atoms with van der Waals surface area (Å²) in [6, 6.07) is 0. The van der Waals surface area contributed by atoms with E-state index in [4.69, 9.17) is 0 Å². The first-order valence-electron chi connectivity index (χ1n) is 4.45. The molecule has 0 rings (SSSR count). The maximum Gasteiger partial charge on any atom is 0.397 e. The van der Waals surface area contributed by atoms with Crippen LogP contribution in [0, 0.1) is 0 Å². The van der Waals surface area contributed by atoms with Crippen molar-refractivity contribution >= 4 is 5.91 Å². The molecule has 0 aromatic rings. The molecule has 1 amide bonds. The fourth-order valence-electron chi connectivity index (χ4n) is 0.728. The van der Waals surface area contributed by atoms with Crippen LogP contribution in [-0.4, -0.2) is 28.3 Å². The minimum atomic E-state index is -4.53. The number of nitrogens with one attached hydrogen (secondary N) is 1. The summed E-state index contributed by atoms with van der Waals surface area (Å²) in [5.74, 6) is -1.14. The highest BCUT2D eigenvalue weighted by molar-refractivity contribution is 5.77. The Kier molecular flexibility index (Phi) is 3.79. The summed E-state index contributed by atoms with van der Waals surface area (Å²) in [5.41, 5.74) is -2.41. The molecule has 0 bridgehead atoms. The van der Waals surface area contributed by atoms with Crippen LogP contribution in [0.3, 0.4) is 0 Å². The average Bonchev–Trinajstić information content (AvgIpc) is 1.75. The van der Waals surface area contributed by atoms with Crippen molar-refractivity contribution in [2.24, 2.45) is 0 Å². The standard InChI is InChI=1S/C9H16F3NO2/c1-7(2,8(3,4)15)13-6(14)5-9(10,11)12/h15H,5H2,1-4H3,(H,13,14). The number of aliphatic hydroxyl groups is 1. The van der Waals surface area contributed by atoms with Gasteiger partial charge in [-0.2, -0.15) is 13.2 Å². The van der Waals surface area contributed by atoms with Crippen LogP contribution in [0.15, 0.2) is 0 Å².